The number of hydrogen-bond acceptors (Lipinski definition) is 4. The largest absolute Gasteiger partial charge is 0.457 e. The zero-order valence-corrected chi connectivity index (χ0v) is 12.1. The second-order valence-corrected chi connectivity index (χ2v) is 5.81. The van der Waals surface area contributed by atoms with Crippen LogP contribution in [0.1, 0.15) is 49.2 Å². The van der Waals surface area contributed by atoms with E-state index >= 15 is 0 Å². The van der Waals surface area contributed by atoms with Crippen LogP contribution in [0.3, 0.4) is 0 Å². The minimum atomic E-state index is -0.508. The number of fused-ring (bicyclic) bond motifs is 1. The molecule has 0 bridgehead atoms. The molecule has 0 saturated carbocycles. The maximum absolute atomic E-state index is 11.8. The number of cyclic esters (lactones) is 1. The third-order valence-corrected chi connectivity index (χ3v) is 2.88. The van der Waals surface area contributed by atoms with E-state index in [0.29, 0.717) is 12.2 Å². The van der Waals surface area contributed by atoms with Crippen molar-refractivity contribution in [3.8, 4) is 0 Å². The summed E-state index contributed by atoms with van der Waals surface area (Å²) < 4.78 is 10.2. The lowest BCUT2D eigenvalue weighted by Gasteiger charge is -2.18. The molecular formula is C16H18O4. The number of benzene rings is 1. The van der Waals surface area contributed by atoms with E-state index in [2.05, 4.69) is 0 Å². The van der Waals surface area contributed by atoms with Gasteiger partial charge in [0.1, 0.15) is 12.2 Å². The monoisotopic (exact) mass is 274 g/mol. The summed E-state index contributed by atoms with van der Waals surface area (Å²) in [7, 11) is 0. The Labute approximate surface area is 118 Å². The summed E-state index contributed by atoms with van der Waals surface area (Å²) in [5, 5.41) is 0. The lowest BCUT2D eigenvalue weighted by Crippen LogP contribution is -2.22. The number of rotatable bonds is 2. The smallest absolute Gasteiger partial charge is 0.338 e. The third-order valence-electron chi connectivity index (χ3n) is 2.88. The molecule has 1 aromatic carbocycles. The van der Waals surface area contributed by atoms with Crippen molar-refractivity contribution in [1.29, 1.82) is 0 Å². The third kappa shape index (κ3) is 3.26. The maximum atomic E-state index is 11.8. The second-order valence-electron chi connectivity index (χ2n) is 5.81. The van der Waals surface area contributed by atoms with E-state index in [1.165, 1.54) is 6.08 Å². The summed E-state index contributed by atoms with van der Waals surface area (Å²) in [6.45, 7) is 7.61. The highest BCUT2D eigenvalue weighted by molar-refractivity contribution is 5.95. The van der Waals surface area contributed by atoms with Crippen LogP contribution in [-0.2, 0) is 20.9 Å². The molecule has 2 rings (SSSR count). The Kier molecular flexibility index (Phi) is 3.66. The van der Waals surface area contributed by atoms with E-state index in [0.717, 1.165) is 16.7 Å². The van der Waals surface area contributed by atoms with Gasteiger partial charge in [-0.05, 0) is 51.0 Å². The predicted molar refractivity (Wildman–Crippen MR) is 75.1 cm³/mol. The second kappa shape index (κ2) is 5.12. The molecule has 0 spiro atoms. The molecule has 0 aliphatic carbocycles. The number of allylic oxidation sites excluding steroid dienone is 1. The quantitative estimate of drug-likeness (QED) is 0.614. The molecular weight excluding hydrogens is 256 g/mol. The normalized spacial score (nSPS) is 14.8. The van der Waals surface area contributed by atoms with Crippen LogP contribution in [0.4, 0.5) is 0 Å². The predicted octanol–water partition coefficient (Wildman–Crippen LogP) is 3.10. The van der Waals surface area contributed by atoms with Gasteiger partial charge >= 0.3 is 11.9 Å². The van der Waals surface area contributed by atoms with Gasteiger partial charge in [-0.2, -0.15) is 0 Å². The fourth-order valence-electron chi connectivity index (χ4n) is 1.97. The van der Waals surface area contributed by atoms with Crippen LogP contribution in [0, 0.1) is 0 Å². The molecule has 0 unspecified atom stereocenters. The molecule has 4 heteroatoms. The fourth-order valence-corrected chi connectivity index (χ4v) is 1.97. The first-order valence-electron chi connectivity index (χ1n) is 6.48. The van der Waals surface area contributed by atoms with E-state index in [1.54, 1.807) is 6.07 Å². The fraction of sp³-hybridized carbons (Fsp3) is 0.375. The Morgan fingerprint density at radius 3 is 2.70 bits per heavy atom. The van der Waals surface area contributed by atoms with Gasteiger partial charge in [0, 0.05) is 11.6 Å². The Bertz CT molecular complexity index is 591. The molecule has 0 amide bonds. The zero-order valence-electron chi connectivity index (χ0n) is 12.1. The van der Waals surface area contributed by atoms with Gasteiger partial charge in [-0.25, -0.2) is 9.59 Å². The van der Waals surface area contributed by atoms with Gasteiger partial charge in [0.15, 0.2) is 0 Å². The molecule has 20 heavy (non-hydrogen) atoms. The van der Waals surface area contributed by atoms with E-state index in [4.69, 9.17) is 9.47 Å². The van der Waals surface area contributed by atoms with Crippen LogP contribution in [0.5, 0.6) is 0 Å². The Morgan fingerprint density at radius 2 is 2.05 bits per heavy atom. The first-order chi connectivity index (χ1) is 9.26. The summed E-state index contributed by atoms with van der Waals surface area (Å²) in [6.07, 6.45) is 1.46. The maximum Gasteiger partial charge on any atom is 0.338 e. The van der Waals surface area contributed by atoms with Gasteiger partial charge in [0.05, 0.1) is 5.56 Å². The van der Waals surface area contributed by atoms with Crippen LogP contribution >= 0.6 is 0 Å². The molecule has 1 heterocycles. The summed E-state index contributed by atoms with van der Waals surface area (Å²) in [4.78, 5) is 23.1. The summed E-state index contributed by atoms with van der Waals surface area (Å²) in [6, 6.07) is 5.41. The Hall–Kier alpha value is -2.10. The van der Waals surface area contributed by atoms with Crippen molar-refractivity contribution in [2.45, 2.75) is 39.9 Å². The first kappa shape index (κ1) is 14.3. The molecule has 4 nitrogen and oxygen atoms in total. The standard InChI is InChI=1S/C16H18O4/c1-10(7-14(17)20-16(2,3)4)11-5-6-13-12(8-11)9-19-15(13)18/h5-8H,9H2,1-4H3/b10-7-. The van der Waals surface area contributed by atoms with Crippen molar-refractivity contribution in [1.82, 2.24) is 0 Å². The van der Waals surface area contributed by atoms with Crippen molar-refractivity contribution < 1.29 is 19.1 Å². The van der Waals surface area contributed by atoms with Gasteiger partial charge in [0.2, 0.25) is 0 Å². The van der Waals surface area contributed by atoms with Crippen LogP contribution in [-0.4, -0.2) is 17.5 Å². The zero-order chi connectivity index (χ0) is 14.9. The summed E-state index contributed by atoms with van der Waals surface area (Å²) in [5.74, 6) is -0.664. The molecule has 106 valence electrons. The SMILES string of the molecule is C/C(=C/C(=O)OC(C)(C)C)c1ccc2c(c1)COC2=O. The highest BCUT2D eigenvalue weighted by atomic mass is 16.6. The molecule has 0 N–H and O–H groups in total. The van der Waals surface area contributed by atoms with E-state index < -0.39 is 5.60 Å². The summed E-state index contributed by atoms with van der Waals surface area (Å²) >= 11 is 0. The molecule has 1 aromatic rings. The van der Waals surface area contributed by atoms with E-state index in [9.17, 15) is 9.59 Å². The Morgan fingerprint density at radius 1 is 1.35 bits per heavy atom. The van der Waals surface area contributed by atoms with Crippen molar-refractivity contribution in [2.24, 2.45) is 0 Å². The average molecular weight is 274 g/mol. The van der Waals surface area contributed by atoms with Crippen LogP contribution in [0.25, 0.3) is 5.57 Å². The number of esters is 2. The summed E-state index contributed by atoms with van der Waals surface area (Å²) in [5.41, 5.74) is 2.61. The molecule has 0 aromatic heterocycles. The van der Waals surface area contributed by atoms with Crippen molar-refractivity contribution in [3.05, 3.63) is 41.0 Å². The minimum Gasteiger partial charge on any atom is -0.457 e. The van der Waals surface area contributed by atoms with Crippen molar-refractivity contribution >= 4 is 17.5 Å². The highest BCUT2D eigenvalue weighted by Gasteiger charge is 2.21. The molecule has 1 aliphatic heterocycles. The van der Waals surface area contributed by atoms with Gasteiger partial charge in [0.25, 0.3) is 0 Å². The molecule has 0 fully saturated rings. The lowest BCUT2D eigenvalue weighted by molar-refractivity contribution is -0.148. The number of carbonyl (C=O) groups is 2. The molecule has 0 saturated heterocycles. The Balaban J connectivity index is 2.20. The van der Waals surface area contributed by atoms with Crippen molar-refractivity contribution in [3.63, 3.8) is 0 Å². The lowest BCUT2D eigenvalue weighted by atomic mass is 10.0. The molecule has 1 aliphatic rings. The molecule has 0 atom stereocenters. The highest BCUT2D eigenvalue weighted by Crippen LogP contribution is 2.24. The average Bonchev–Trinajstić information content (AvgIpc) is 2.68. The van der Waals surface area contributed by atoms with Crippen molar-refractivity contribution in [2.75, 3.05) is 0 Å². The first-order valence-corrected chi connectivity index (χ1v) is 6.48. The van der Waals surface area contributed by atoms with Crippen LogP contribution in [0.15, 0.2) is 24.3 Å². The van der Waals surface area contributed by atoms with Gasteiger partial charge in [-0.3, -0.25) is 0 Å². The van der Waals surface area contributed by atoms with Gasteiger partial charge in [-0.15, -0.1) is 0 Å². The van der Waals surface area contributed by atoms with E-state index in [1.807, 2.05) is 39.8 Å². The number of carbonyl (C=O) groups excluding carboxylic acids is 2. The van der Waals surface area contributed by atoms with Crippen LogP contribution < -0.4 is 0 Å². The van der Waals surface area contributed by atoms with Crippen LogP contribution in [0.2, 0.25) is 0 Å². The molecule has 0 radical (unpaired) electrons. The topological polar surface area (TPSA) is 52.6 Å². The van der Waals surface area contributed by atoms with E-state index in [-0.39, 0.29) is 11.9 Å². The minimum absolute atomic E-state index is 0.291. The number of hydrogen-bond donors (Lipinski definition) is 0. The van der Waals surface area contributed by atoms with Gasteiger partial charge < -0.3 is 9.47 Å². The number of ether oxygens (including phenoxy) is 2. The van der Waals surface area contributed by atoms with Gasteiger partial charge in [-0.1, -0.05) is 6.07 Å².